The van der Waals surface area contributed by atoms with E-state index in [0.717, 1.165) is 16.2 Å². The number of nitrogens with one attached hydrogen (secondary N) is 1. The molecule has 0 fully saturated rings. The third-order valence-corrected chi connectivity index (χ3v) is 3.28. The lowest BCUT2D eigenvalue weighted by Crippen LogP contribution is -2.01. The summed E-state index contributed by atoms with van der Waals surface area (Å²) in [6, 6.07) is 11.3. The Balaban J connectivity index is 1.80. The van der Waals surface area contributed by atoms with E-state index < -0.39 is 0 Å². The van der Waals surface area contributed by atoms with Crippen LogP contribution in [0.5, 0.6) is 0 Å². The molecule has 0 saturated heterocycles. The normalized spacial score (nSPS) is 10.8. The predicted molar refractivity (Wildman–Crippen MR) is 76.8 cm³/mol. The zero-order valence-electron chi connectivity index (χ0n) is 9.85. The van der Waals surface area contributed by atoms with Gasteiger partial charge in [-0.2, -0.15) is 4.98 Å². The Hall–Kier alpha value is -1.78. The molecular formula is C13H10Cl2N4. The molecule has 1 aromatic carbocycles. The van der Waals surface area contributed by atoms with E-state index in [2.05, 4.69) is 15.4 Å². The van der Waals surface area contributed by atoms with Gasteiger partial charge in [0.1, 0.15) is 0 Å². The van der Waals surface area contributed by atoms with Gasteiger partial charge in [0.15, 0.2) is 5.65 Å². The Bertz CT molecular complexity index is 723. The Morgan fingerprint density at radius 3 is 2.79 bits per heavy atom. The molecular weight excluding hydrogens is 283 g/mol. The second-order valence-electron chi connectivity index (χ2n) is 4.03. The minimum absolute atomic E-state index is 0.544. The second-order valence-corrected chi connectivity index (χ2v) is 4.87. The average Bonchev–Trinajstić information content (AvgIpc) is 2.79. The fourth-order valence-corrected chi connectivity index (χ4v) is 2.11. The van der Waals surface area contributed by atoms with Gasteiger partial charge in [0.25, 0.3) is 0 Å². The summed E-state index contributed by atoms with van der Waals surface area (Å²) in [6.45, 7) is 0.574. The molecule has 1 N–H and O–H groups in total. The Labute approximate surface area is 120 Å². The molecule has 2 heterocycles. The van der Waals surface area contributed by atoms with Crippen molar-refractivity contribution in [3.8, 4) is 0 Å². The van der Waals surface area contributed by atoms with Crippen LogP contribution in [0.15, 0.2) is 42.6 Å². The molecule has 2 aromatic heterocycles. The third-order valence-electron chi connectivity index (χ3n) is 2.69. The summed E-state index contributed by atoms with van der Waals surface area (Å²) in [5.74, 6) is 0.544. The van der Waals surface area contributed by atoms with Gasteiger partial charge in [-0.15, -0.1) is 5.10 Å². The molecule has 0 bridgehead atoms. The zero-order valence-corrected chi connectivity index (χ0v) is 11.4. The lowest BCUT2D eigenvalue weighted by Gasteiger charge is -2.03. The first-order valence-electron chi connectivity index (χ1n) is 5.71. The summed E-state index contributed by atoms with van der Waals surface area (Å²) < 4.78 is 1.64. The molecule has 0 aliphatic heterocycles. The van der Waals surface area contributed by atoms with Crippen molar-refractivity contribution in [2.45, 2.75) is 6.54 Å². The standard InChI is InChI=1S/C13H10Cl2N4/c14-10-5-6-12-17-13(18-19(12)8-10)16-7-9-3-1-2-4-11(9)15/h1-6,8H,7H2,(H,16,18). The van der Waals surface area contributed by atoms with Crippen molar-refractivity contribution in [1.82, 2.24) is 14.6 Å². The molecule has 3 rings (SSSR count). The van der Waals surface area contributed by atoms with Gasteiger partial charge in [-0.25, -0.2) is 4.52 Å². The molecule has 0 saturated carbocycles. The summed E-state index contributed by atoms with van der Waals surface area (Å²) >= 11 is 12.0. The number of hydrogen-bond acceptors (Lipinski definition) is 3. The summed E-state index contributed by atoms with van der Waals surface area (Å²) in [5.41, 5.74) is 1.74. The summed E-state index contributed by atoms with van der Waals surface area (Å²) in [7, 11) is 0. The van der Waals surface area contributed by atoms with E-state index >= 15 is 0 Å². The lowest BCUT2D eigenvalue weighted by molar-refractivity contribution is 0.950. The number of fused-ring (bicyclic) bond motifs is 1. The fourth-order valence-electron chi connectivity index (χ4n) is 1.75. The van der Waals surface area contributed by atoms with Crippen molar-refractivity contribution in [1.29, 1.82) is 0 Å². The molecule has 4 nitrogen and oxygen atoms in total. The highest BCUT2D eigenvalue weighted by atomic mass is 35.5. The highest BCUT2D eigenvalue weighted by Gasteiger charge is 2.04. The highest BCUT2D eigenvalue weighted by Crippen LogP contribution is 2.16. The molecule has 0 radical (unpaired) electrons. The molecule has 0 spiro atoms. The first kappa shape index (κ1) is 12.3. The molecule has 96 valence electrons. The van der Waals surface area contributed by atoms with Crippen LogP contribution in [0.2, 0.25) is 10.0 Å². The van der Waals surface area contributed by atoms with Crippen LogP contribution >= 0.6 is 23.2 Å². The molecule has 6 heteroatoms. The summed E-state index contributed by atoms with van der Waals surface area (Å²) in [4.78, 5) is 4.34. The average molecular weight is 293 g/mol. The maximum atomic E-state index is 6.09. The van der Waals surface area contributed by atoms with Crippen LogP contribution in [0, 0.1) is 0 Å². The monoisotopic (exact) mass is 292 g/mol. The van der Waals surface area contributed by atoms with E-state index in [0.29, 0.717) is 17.5 Å². The minimum Gasteiger partial charge on any atom is -0.349 e. The quantitative estimate of drug-likeness (QED) is 0.801. The van der Waals surface area contributed by atoms with Crippen LogP contribution in [0.25, 0.3) is 5.65 Å². The number of halogens is 2. The van der Waals surface area contributed by atoms with E-state index in [-0.39, 0.29) is 0 Å². The molecule has 3 aromatic rings. The van der Waals surface area contributed by atoms with Crippen molar-refractivity contribution < 1.29 is 0 Å². The van der Waals surface area contributed by atoms with Gasteiger partial charge in [0, 0.05) is 17.8 Å². The highest BCUT2D eigenvalue weighted by molar-refractivity contribution is 6.31. The Morgan fingerprint density at radius 2 is 1.95 bits per heavy atom. The van der Waals surface area contributed by atoms with E-state index in [9.17, 15) is 0 Å². The van der Waals surface area contributed by atoms with Crippen LogP contribution in [-0.2, 0) is 6.54 Å². The van der Waals surface area contributed by atoms with Gasteiger partial charge >= 0.3 is 0 Å². The first-order chi connectivity index (χ1) is 9.22. The SMILES string of the molecule is Clc1ccc2nc(NCc3ccccc3Cl)nn2c1. The summed E-state index contributed by atoms with van der Waals surface area (Å²) in [5, 5.41) is 8.77. The molecule has 0 amide bonds. The number of hydrogen-bond donors (Lipinski definition) is 1. The smallest absolute Gasteiger partial charge is 0.243 e. The van der Waals surface area contributed by atoms with Gasteiger partial charge in [0.2, 0.25) is 5.95 Å². The van der Waals surface area contributed by atoms with E-state index in [1.165, 1.54) is 0 Å². The number of aromatic nitrogens is 3. The van der Waals surface area contributed by atoms with Gasteiger partial charge < -0.3 is 5.32 Å². The summed E-state index contributed by atoms with van der Waals surface area (Å²) in [6.07, 6.45) is 1.71. The minimum atomic E-state index is 0.544. The van der Waals surface area contributed by atoms with Crippen LogP contribution < -0.4 is 5.32 Å². The van der Waals surface area contributed by atoms with Gasteiger partial charge in [0.05, 0.1) is 5.02 Å². The van der Waals surface area contributed by atoms with Crippen molar-refractivity contribution in [2.75, 3.05) is 5.32 Å². The number of anilines is 1. The van der Waals surface area contributed by atoms with Crippen LogP contribution in [-0.4, -0.2) is 14.6 Å². The topological polar surface area (TPSA) is 42.2 Å². The number of rotatable bonds is 3. The predicted octanol–water partition coefficient (Wildman–Crippen LogP) is 3.65. The van der Waals surface area contributed by atoms with E-state index in [4.69, 9.17) is 23.2 Å². The third kappa shape index (κ3) is 2.64. The lowest BCUT2D eigenvalue weighted by atomic mass is 10.2. The van der Waals surface area contributed by atoms with Gasteiger partial charge in [-0.1, -0.05) is 41.4 Å². The second kappa shape index (κ2) is 5.07. The molecule has 0 aliphatic carbocycles. The van der Waals surface area contributed by atoms with Crippen LogP contribution in [0.1, 0.15) is 5.56 Å². The van der Waals surface area contributed by atoms with Gasteiger partial charge in [-0.05, 0) is 23.8 Å². The van der Waals surface area contributed by atoms with Crippen molar-refractivity contribution in [2.24, 2.45) is 0 Å². The zero-order chi connectivity index (χ0) is 13.2. The number of nitrogens with zero attached hydrogens (tertiary/aromatic N) is 3. The van der Waals surface area contributed by atoms with Crippen LogP contribution in [0.4, 0.5) is 5.95 Å². The molecule has 19 heavy (non-hydrogen) atoms. The molecule has 0 unspecified atom stereocenters. The van der Waals surface area contributed by atoms with Crippen LogP contribution in [0.3, 0.4) is 0 Å². The molecule has 0 aliphatic rings. The maximum absolute atomic E-state index is 6.09. The largest absolute Gasteiger partial charge is 0.349 e. The Morgan fingerprint density at radius 1 is 1.11 bits per heavy atom. The molecule has 0 atom stereocenters. The van der Waals surface area contributed by atoms with E-state index in [1.807, 2.05) is 30.3 Å². The Kier molecular flexibility index (Phi) is 3.27. The maximum Gasteiger partial charge on any atom is 0.243 e. The van der Waals surface area contributed by atoms with Gasteiger partial charge in [-0.3, -0.25) is 0 Å². The number of benzene rings is 1. The van der Waals surface area contributed by atoms with E-state index in [1.54, 1.807) is 16.8 Å². The van der Waals surface area contributed by atoms with Crippen molar-refractivity contribution >= 4 is 34.8 Å². The fraction of sp³-hybridized carbons (Fsp3) is 0.0769. The number of pyridine rings is 1. The first-order valence-corrected chi connectivity index (χ1v) is 6.47. The van der Waals surface area contributed by atoms with Crippen molar-refractivity contribution in [3.05, 3.63) is 58.2 Å². The van der Waals surface area contributed by atoms with Crippen molar-refractivity contribution in [3.63, 3.8) is 0 Å².